The Morgan fingerprint density at radius 3 is 2.30 bits per heavy atom. The minimum absolute atomic E-state index is 0.0272. The molecule has 0 heterocycles. The molecule has 1 unspecified atom stereocenters. The zero-order chi connectivity index (χ0) is 19.8. The van der Waals surface area contributed by atoms with Crippen molar-refractivity contribution in [3.05, 3.63) is 70.8 Å². The Labute approximate surface area is 163 Å². The van der Waals surface area contributed by atoms with Gasteiger partial charge in [0.05, 0.1) is 0 Å². The van der Waals surface area contributed by atoms with E-state index in [1.165, 1.54) is 34.8 Å². The number of carbonyl (C=O) groups is 1. The molecule has 1 aliphatic rings. The summed E-state index contributed by atoms with van der Waals surface area (Å²) < 4.78 is 5.74. The summed E-state index contributed by atoms with van der Waals surface area (Å²) in [5.41, 5.74) is 6.03. The smallest absolute Gasteiger partial charge is 0.302 e. The van der Waals surface area contributed by atoms with Gasteiger partial charge in [-0.05, 0) is 46.6 Å². The van der Waals surface area contributed by atoms with E-state index in [1.54, 1.807) is 0 Å². The van der Waals surface area contributed by atoms with Crippen LogP contribution >= 0.6 is 0 Å². The third kappa shape index (κ3) is 3.85. The van der Waals surface area contributed by atoms with Crippen LogP contribution in [0.2, 0.25) is 0 Å². The molecule has 2 heteroatoms. The van der Waals surface area contributed by atoms with Gasteiger partial charge >= 0.3 is 5.97 Å². The molecule has 0 fully saturated rings. The van der Waals surface area contributed by atoms with Gasteiger partial charge in [0.15, 0.2) is 0 Å². The second-order valence-corrected chi connectivity index (χ2v) is 8.91. The molecule has 0 radical (unpaired) electrons. The molecule has 0 saturated carbocycles. The van der Waals surface area contributed by atoms with Crippen molar-refractivity contribution in [2.24, 2.45) is 0 Å². The molecule has 2 nitrogen and oxygen atoms in total. The summed E-state index contributed by atoms with van der Waals surface area (Å²) in [5.74, 6) is -0.205. The van der Waals surface area contributed by atoms with Crippen LogP contribution in [0.4, 0.5) is 0 Å². The van der Waals surface area contributed by atoms with E-state index in [4.69, 9.17) is 4.74 Å². The predicted octanol–water partition coefficient (Wildman–Crippen LogP) is 6.14. The SMILES string of the molecule is CC(=O)OC1CC(C)(C)c2ccc(/C(C)=C/c3ccccc3)cc2C1(C)C. The van der Waals surface area contributed by atoms with Gasteiger partial charge in [0, 0.05) is 12.3 Å². The number of allylic oxidation sites excluding steroid dienone is 1. The highest BCUT2D eigenvalue weighted by Crippen LogP contribution is 2.47. The first-order valence-corrected chi connectivity index (χ1v) is 9.67. The Hall–Kier alpha value is -2.35. The van der Waals surface area contributed by atoms with Crippen LogP contribution in [0.3, 0.4) is 0 Å². The summed E-state index contributed by atoms with van der Waals surface area (Å²) in [7, 11) is 0. The first-order valence-electron chi connectivity index (χ1n) is 9.67. The van der Waals surface area contributed by atoms with E-state index in [0.29, 0.717) is 0 Å². The Kier molecular flexibility index (Phi) is 5.03. The Morgan fingerprint density at radius 2 is 1.67 bits per heavy atom. The van der Waals surface area contributed by atoms with E-state index in [9.17, 15) is 4.79 Å². The van der Waals surface area contributed by atoms with Crippen molar-refractivity contribution in [3.63, 3.8) is 0 Å². The maximum Gasteiger partial charge on any atom is 0.302 e. The lowest BCUT2D eigenvalue weighted by Gasteiger charge is -2.47. The van der Waals surface area contributed by atoms with Gasteiger partial charge in [-0.2, -0.15) is 0 Å². The maximum absolute atomic E-state index is 11.7. The van der Waals surface area contributed by atoms with Gasteiger partial charge in [-0.25, -0.2) is 0 Å². The van der Waals surface area contributed by atoms with Crippen molar-refractivity contribution in [1.82, 2.24) is 0 Å². The number of benzene rings is 2. The fraction of sp³-hybridized carbons (Fsp3) is 0.400. The summed E-state index contributed by atoms with van der Waals surface area (Å²) in [6.07, 6.45) is 2.93. The average Bonchev–Trinajstić information content (AvgIpc) is 2.60. The molecule has 0 amide bonds. The minimum Gasteiger partial charge on any atom is -0.462 e. The first kappa shape index (κ1) is 19.4. The van der Waals surface area contributed by atoms with Crippen molar-refractivity contribution in [2.75, 3.05) is 0 Å². The van der Waals surface area contributed by atoms with Crippen molar-refractivity contribution in [2.45, 2.75) is 64.9 Å². The number of ether oxygens (including phenoxy) is 1. The zero-order valence-corrected chi connectivity index (χ0v) is 17.3. The summed E-state index contributed by atoms with van der Waals surface area (Å²) in [6, 6.07) is 17.2. The van der Waals surface area contributed by atoms with Crippen LogP contribution in [-0.2, 0) is 20.4 Å². The van der Waals surface area contributed by atoms with E-state index in [-0.39, 0.29) is 22.9 Å². The molecule has 0 saturated heterocycles. The lowest BCUT2D eigenvalue weighted by Crippen LogP contribution is -2.47. The van der Waals surface area contributed by atoms with Crippen molar-refractivity contribution in [3.8, 4) is 0 Å². The van der Waals surface area contributed by atoms with E-state index < -0.39 is 0 Å². The normalized spacial score (nSPS) is 20.7. The second-order valence-electron chi connectivity index (χ2n) is 8.91. The standard InChI is InChI=1S/C25H30O2/c1-17(14-19-10-8-7-9-11-19)20-12-13-21-22(15-20)25(5,6)23(27-18(2)26)16-24(21,3)4/h7-15,23H,16H2,1-6H3/b17-14+. The summed E-state index contributed by atoms with van der Waals surface area (Å²) in [4.78, 5) is 11.7. The van der Waals surface area contributed by atoms with E-state index in [0.717, 1.165) is 6.42 Å². The molecule has 0 N–H and O–H groups in total. The highest BCUT2D eigenvalue weighted by atomic mass is 16.5. The Bertz CT molecular complexity index is 872. The second kappa shape index (κ2) is 6.99. The molecule has 1 aliphatic carbocycles. The summed E-state index contributed by atoms with van der Waals surface area (Å²) >= 11 is 0. The number of fused-ring (bicyclic) bond motifs is 1. The molecule has 27 heavy (non-hydrogen) atoms. The van der Waals surface area contributed by atoms with Crippen LogP contribution in [0, 0.1) is 0 Å². The quantitative estimate of drug-likeness (QED) is 0.484. The van der Waals surface area contributed by atoms with Crippen LogP contribution in [0.15, 0.2) is 48.5 Å². The van der Waals surface area contributed by atoms with Gasteiger partial charge in [-0.3, -0.25) is 4.79 Å². The fourth-order valence-corrected chi connectivity index (χ4v) is 4.19. The van der Waals surface area contributed by atoms with Crippen LogP contribution in [0.5, 0.6) is 0 Å². The third-order valence-electron chi connectivity index (χ3n) is 5.89. The molecule has 2 aromatic carbocycles. The van der Waals surface area contributed by atoms with E-state index >= 15 is 0 Å². The van der Waals surface area contributed by atoms with Crippen LogP contribution < -0.4 is 0 Å². The van der Waals surface area contributed by atoms with Gasteiger partial charge in [-0.1, -0.05) is 82.3 Å². The lowest BCUT2D eigenvalue weighted by molar-refractivity contribution is -0.151. The number of hydrogen-bond donors (Lipinski definition) is 0. The van der Waals surface area contributed by atoms with Gasteiger partial charge in [0.25, 0.3) is 0 Å². The predicted molar refractivity (Wildman–Crippen MR) is 113 cm³/mol. The number of esters is 1. The molecule has 0 aromatic heterocycles. The molecule has 2 aromatic rings. The molecule has 1 atom stereocenters. The van der Waals surface area contributed by atoms with Crippen LogP contribution in [-0.4, -0.2) is 12.1 Å². The van der Waals surface area contributed by atoms with Gasteiger partial charge in [0.1, 0.15) is 6.10 Å². The minimum atomic E-state index is -0.223. The third-order valence-corrected chi connectivity index (χ3v) is 5.89. The van der Waals surface area contributed by atoms with Crippen molar-refractivity contribution >= 4 is 17.6 Å². The summed E-state index contributed by atoms with van der Waals surface area (Å²) in [6.45, 7) is 12.5. The molecule has 142 valence electrons. The number of rotatable bonds is 3. The molecule has 0 spiro atoms. The summed E-state index contributed by atoms with van der Waals surface area (Å²) in [5, 5.41) is 0. The van der Waals surface area contributed by atoms with Gasteiger partial charge in [0.2, 0.25) is 0 Å². The lowest BCUT2D eigenvalue weighted by atomic mass is 9.61. The van der Waals surface area contributed by atoms with E-state index in [2.05, 4.69) is 83.2 Å². The molecule has 0 bridgehead atoms. The largest absolute Gasteiger partial charge is 0.462 e. The Balaban J connectivity index is 2.07. The number of carbonyl (C=O) groups excluding carboxylic acids is 1. The zero-order valence-electron chi connectivity index (χ0n) is 17.3. The highest BCUT2D eigenvalue weighted by molar-refractivity contribution is 5.80. The van der Waals surface area contributed by atoms with Crippen molar-refractivity contribution in [1.29, 1.82) is 0 Å². The maximum atomic E-state index is 11.7. The number of hydrogen-bond acceptors (Lipinski definition) is 2. The molecular weight excluding hydrogens is 332 g/mol. The molecular formula is C25H30O2. The van der Waals surface area contributed by atoms with Gasteiger partial charge in [-0.15, -0.1) is 0 Å². The van der Waals surface area contributed by atoms with Crippen LogP contribution in [0.25, 0.3) is 11.6 Å². The van der Waals surface area contributed by atoms with E-state index in [1.807, 2.05) is 6.07 Å². The van der Waals surface area contributed by atoms with Crippen molar-refractivity contribution < 1.29 is 9.53 Å². The van der Waals surface area contributed by atoms with Gasteiger partial charge < -0.3 is 4.74 Å². The topological polar surface area (TPSA) is 26.3 Å². The monoisotopic (exact) mass is 362 g/mol. The first-order chi connectivity index (χ1) is 12.6. The fourth-order valence-electron chi connectivity index (χ4n) is 4.19. The Morgan fingerprint density at radius 1 is 1.00 bits per heavy atom. The van der Waals surface area contributed by atoms with Crippen LogP contribution in [0.1, 0.15) is 70.2 Å². The average molecular weight is 363 g/mol. The molecule has 0 aliphatic heterocycles. The highest BCUT2D eigenvalue weighted by Gasteiger charge is 2.45. The molecule has 3 rings (SSSR count).